The molecule has 0 aliphatic rings. The first kappa shape index (κ1) is 18.4. The topological polar surface area (TPSA) is 98.5 Å². The lowest BCUT2D eigenvalue weighted by atomic mass is 10.2. The molecule has 9 heteroatoms. The Labute approximate surface area is 144 Å². The van der Waals surface area contributed by atoms with E-state index in [1.54, 1.807) is 37.6 Å². The van der Waals surface area contributed by atoms with Gasteiger partial charge in [-0.25, -0.2) is 9.78 Å². The molecule has 0 radical (unpaired) electrons. The molecule has 8 nitrogen and oxygen atoms in total. The van der Waals surface area contributed by atoms with Gasteiger partial charge in [-0.3, -0.25) is 0 Å². The maximum Gasteiger partial charge on any atom is 0.407 e. The Balaban J connectivity index is 2.17. The van der Waals surface area contributed by atoms with Gasteiger partial charge in [0, 0.05) is 31.8 Å². The third-order valence-electron chi connectivity index (χ3n) is 3.12. The summed E-state index contributed by atoms with van der Waals surface area (Å²) in [5.74, 6) is 0. The van der Waals surface area contributed by atoms with E-state index in [4.69, 9.17) is 21.1 Å². The van der Waals surface area contributed by atoms with E-state index in [1.807, 2.05) is 0 Å². The van der Waals surface area contributed by atoms with Gasteiger partial charge in [0.05, 0.1) is 5.69 Å². The maximum absolute atomic E-state index is 11.7. The van der Waals surface area contributed by atoms with Gasteiger partial charge in [-0.2, -0.15) is 4.98 Å². The number of aromatic nitrogens is 3. The quantitative estimate of drug-likeness (QED) is 0.629. The van der Waals surface area contributed by atoms with Gasteiger partial charge in [0.15, 0.2) is 6.29 Å². The normalized spacial score (nSPS) is 13.1. The first-order valence-corrected chi connectivity index (χ1v) is 7.78. The van der Waals surface area contributed by atoms with Gasteiger partial charge in [0.25, 0.3) is 0 Å². The van der Waals surface area contributed by atoms with E-state index >= 15 is 0 Å². The van der Waals surface area contributed by atoms with Crippen LogP contribution in [0.4, 0.5) is 4.79 Å². The van der Waals surface area contributed by atoms with Gasteiger partial charge in [-0.05, 0) is 38.4 Å². The Morgan fingerprint density at radius 2 is 2.21 bits per heavy atom. The zero-order valence-corrected chi connectivity index (χ0v) is 14.8. The van der Waals surface area contributed by atoms with Crippen LogP contribution in [0.25, 0.3) is 11.0 Å². The minimum absolute atomic E-state index is 0.0976. The highest BCUT2D eigenvalue weighted by atomic mass is 35.5. The number of halogens is 1. The molecule has 1 atom stereocenters. The van der Waals surface area contributed by atoms with Crippen molar-refractivity contribution in [2.45, 2.75) is 39.2 Å². The summed E-state index contributed by atoms with van der Waals surface area (Å²) in [6.45, 7) is 6.00. The molecule has 0 spiro atoms. The largest absolute Gasteiger partial charge is 0.444 e. The lowest BCUT2D eigenvalue weighted by Gasteiger charge is -2.20. The van der Waals surface area contributed by atoms with Crippen LogP contribution in [0.1, 0.15) is 32.8 Å². The third kappa shape index (κ3) is 4.56. The number of nitrogens with zero attached hydrogens (tertiary/aromatic N) is 3. The molecule has 2 N–H and O–H groups in total. The summed E-state index contributed by atoms with van der Waals surface area (Å²) in [4.78, 5) is 19.8. The summed E-state index contributed by atoms with van der Waals surface area (Å²) in [6.07, 6.45) is -0.0751. The monoisotopic (exact) mass is 356 g/mol. The minimum atomic E-state index is -1.13. The van der Waals surface area contributed by atoms with Crippen LogP contribution >= 0.6 is 11.6 Å². The molecule has 2 rings (SSSR count). The molecule has 1 unspecified atom stereocenters. The molecule has 132 valence electrons. The van der Waals surface area contributed by atoms with E-state index in [9.17, 15) is 9.90 Å². The first-order chi connectivity index (χ1) is 11.2. The molecular weight excluding hydrogens is 336 g/mol. The molecule has 2 aromatic heterocycles. The fourth-order valence-electron chi connectivity index (χ4n) is 2.18. The van der Waals surface area contributed by atoms with Crippen molar-refractivity contribution in [3.8, 4) is 0 Å². The zero-order chi connectivity index (χ0) is 17.9. The second-order valence-electron chi connectivity index (χ2n) is 6.16. The number of ether oxygens (including phenoxy) is 2. The Morgan fingerprint density at radius 1 is 1.50 bits per heavy atom. The summed E-state index contributed by atoms with van der Waals surface area (Å²) in [5.41, 5.74) is 0.477. The van der Waals surface area contributed by atoms with Crippen molar-refractivity contribution in [3.05, 3.63) is 23.2 Å². The second kappa shape index (κ2) is 7.33. The van der Waals surface area contributed by atoms with Gasteiger partial charge in [0.2, 0.25) is 5.28 Å². The smallest absolute Gasteiger partial charge is 0.407 e. The van der Waals surface area contributed by atoms with Crippen molar-refractivity contribution in [1.29, 1.82) is 0 Å². The zero-order valence-electron chi connectivity index (χ0n) is 14.0. The highest BCUT2D eigenvalue weighted by Crippen LogP contribution is 2.24. The minimum Gasteiger partial charge on any atom is -0.444 e. The number of aliphatic hydroxyl groups excluding tert-OH is 1. The van der Waals surface area contributed by atoms with Crippen molar-refractivity contribution in [2.75, 3.05) is 13.7 Å². The summed E-state index contributed by atoms with van der Waals surface area (Å²) < 4.78 is 11.9. The number of carbonyl (C=O) groups is 1. The number of hydrogen-bond donors (Lipinski definition) is 2. The summed E-state index contributed by atoms with van der Waals surface area (Å²) in [6, 6.07) is 1.72. The number of fused-ring (bicyclic) bond motifs is 1. The predicted octanol–water partition coefficient (Wildman–Crippen LogP) is 2.25. The van der Waals surface area contributed by atoms with Gasteiger partial charge < -0.3 is 24.5 Å². The Kier molecular flexibility index (Phi) is 5.63. The van der Waals surface area contributed by atoms with Gasteiger partial charge in [-0.15, -0.1) is 0 Å². The van der Waals surface area contributed by atoms with E-state index in [0.717, 1.165) is 0 Å². The van der Waals surface area contributed by atoms with Crippen LogP contribution in [0.15, 0.2) is 12.3 Å². The standard InChI is InChI=1S/C15H21ClN4O4/c1-15(2,3)24-14(22)17-5-6-20-10(12(21)23-4)7-9-8-18-13(16)19-11(9)20/h7-8,12,21H,5-6H2,1-4H3,(H,17,22). The number of carbonyl (C=O) groups excluding carboxylic acids is 1. The van der Waals surface area contributed by atoms with E-state index < -0.39 is 18.0 Å². The number of methoxy groups -OCH3 is 1. The van der Waals surface area contributed by atoms with E-state index in [2.05, 4.69) is 15.3 Å². The molecule has 0 fully saturated rings. The van der Waals surface area contributed by atoms with Crippen LogP contribution in [-0.2, 0) is 16.0 Å². The van der Waals surface area contributed by atoms with Crippen LogP contribution in [0, 0.1) is 0 Å². The number of hydrogen-bond acceptors (Lipinski definition) is 6. The Bertz CT molecular complexity index is 726. The molecule has 1 amide bonds. The van der Waals surface area contributed by atoms with Crippen molar-refractivity contribution in [3.63, 3.8) is 0 Å². The summed E-state index contributed by atoms with van der Waals surface area (Å²) in [7, 11) is 1.39. The van der Waals surface area contributed by atoms with Crippen LogP contribution in [0.3, 0.4) is 0 Å². The molecule has 2 heterocycles. The van der Waals surface area contributed by atoms with Crippen LogP contribution in [0.5, 0.6) is 0 Å². The van der Waals surface area contributed by atoms with E-state index in [-0.39, 0.29) is 11.8 Å². The molecule has 24 heavy (non-hydrogen) atoms. The van der Waals surface area contributed by atoms with Crippen molar-refractivity contribution < 1.29 is 19.4 Å². The van der Waals surface area contributed by atoms with E-state index in [1.165, 1.54) is 7.11 Å². The number of nitrogens with one attached hydrogen (secondary N) is 1. The highest BCUT2D eigenvalue weighted by molar-refractivity contribution is 6.28. The van der Waals surface area contributed by atoms with Gasteiger partial charge in [-0.1, -0.05) is 0 Å². The lowest BCUT2D eigenvalue weighted by molar-refractivity contribution is -0.0817. The molecular formula is C15H21ClN4O4. The van der Waals surface area contributed by atoms with Crippen molar-refractivity contribution in [1.82, 2.24) is 19.9 Å². The number of rotatable bonds is 5. The van der Waals surface area contributed by atoms with Crippen LogP contribution < -0.4 is 5.32 Å². The summed E-state index contributed by atoms with van der Waals surface area (Å²) >= 11 is 5.85. The second-order valence-corrected chi connectivity index (χ2v) is 6.49. The molecule has 2 aromatic rings. The average Bonchev–Trinajstić information content (AvgIpc) is 2.83. The molecule has 0 bridgehead atoms. The average molecular weight is 357 g/mol. The Morgan fingerprint density at radius 3 is 2.83 bits per heavy atom. The molecule has 0 saturated carbocycles. The molecule has 0 aliphatic carbocycles. The van der Waals surface area contributed by atoms with Gasteiger partial charge >= 0.3 is 6.09 Å². The maximum atomic E-state index is 11.7. The molecule has 0 aliphatic heterocycles. The van der Waals surface area contributed by atoms with Gasteiger partial charge in [0.1, 0.15) is 11.2 Å². The lowest BCUT2D eigenvalue weighted by Crippen LogP contribution is -2.34. The third-order valence-corrected chi connectivity index (χ3v) is 3.30. The van der Waals surface area contributed by atoms with Crippen LogP contribution in [-0.4, -0.2) is 45.0 Å². The van der Waals surface area contributed by atoms with Crippen molar-refractivity contribution in [2.24, 2.45) is 0 Å². The Hall–Kier alpha value is -1.90. The number of alkyl carbamates (subject to hydrolysis) is 1. The van der Waals surface area contributed by atoms with Crippen LogP contribution in [0.2, 0.25) is 5.28 Å². The first-order valence-electron chi connectivity index (χ1n) is 7.40. The van der Waals surface area contributed by atoms with E-state index in [0.29, 0.717) is 23.3 Å². The fraction of sp³-hybridized carbons (Fsp3) is 0.533. The highest BCUT2D eigenvalue weighted by Gasteiger charge is 2.19. The molecule has 0 aromatic carbocycles. The fourth-order valence-corrected chi connectivity index (χ4v) is 2.31. The number of amides is 1. The SMILES string of the molecule is COC(O)c1cc2cnc(Cl)nc2n1CCNC(=O)OC(C)(C)C. The number of aliphatic hydroxyl groups is 1. The summed E-state index contributed by atoms with van der Waals surface area (Å²) in [5, 5.41) is 13.5. The molecule has 0 saturated heterocycles. The predicted molar refractivity (Wildman–Crippen MR) is 88.7 cm³/mol. The van der Waals surface area contributed by atoms with Crippen molar-refractivity contribution >= 4 is 28.7 Å².